The molecule has 37 heavy (non-hydrogen) atoms. The average molecular weight is 531 g/mol. The lowest BCUT2D eigenvalue weighted by molar-refractivity contribution is -0.112. The lowest BCUT2D eigenvalue weighted by Gasteiger charge is -2.16. The number of carbonyl (C=O) groups is 1. The number of carbonyl (C=O) groups excluding carboxylic acids is 1. The minimum atomic E-state index is -0.564. The summed E-state index contributed by atoms with van der Waals surface area (Å²) in [6.07, 6.45) is 1.45. The van der Waals surface area contributed by atoms with Crippen molar-refractivity contribution in [1.82, 2.24) is 0 Å². The number of ether oxygens (including phenoxy) is 2. The van der Waals surface area contributed by atoms with Gasteiger partial charge in [-0.15, -0.1) is 0 Å². The second-order valence-electron chi connectivity index (χ2n) is 8.27. The molecule has 4 rings (SSSR count). The number of nitriles is 1. The first-order chi connectivity index (χ1) is 17.9. The Labute approximate surface area is 225 Å². The monoisotopic (exact) mass is 530 g/mol. The molecule has 0 heterocycles. The van der Waals surface area contributed by atoms with Crippen LogP contribution in [0, 0.1) is 18.3 Å². The molecule has 7 heteroatoms. The van der Waals surface area contributed by atoms with Gasteiger partial charge in [0.1, 0.15) is 18.2 Å². The summed E-state index contributed by atoms with van der Waals surface area (Å²) in [5, 5.41) is 15.3. The molecule has 1 amide bonds. The SMILES string of the molecule is CCOc1cc(/C=C(\C#N)C(=O)Nc2cccc(Cl)c2)cc(Cl)c1OCc1c(C)ccc2ccccc12. The number of hydrogen-bond acceptors (Lipinski definition) is 4. The van der Waals surface area contributed by atoms with E-state index in [1.165, 1.54) is 6.08 Å². The van der Waals surface area contributed by atoms with Crippen LogP contribution in [0.15, 0.2) is 78.4 Å². The molecule has 1 N–H and O–H groups in total. The van der Waals surface area contributed by atoms with E-state index in [9.17, 15) is 10.1 Å². The molecule has 0 unspecified atom stereocenters. The van der Waals surface area contributed by atoms with Crippen LogP contribution in [-0.2, 0) is 11.4 Å². The summed E-state index contributed by atoms with van der Waals surface area (Å²) in [7, 11) is 0. The van der Waals surface area contributed by atoms with Crippen LogP contribution in [0.4, 0.5) is 5.69 Å². The van der Waals surface area contributed by atoms with Gasteiger partial charge in [0.25, 0.3) is 5.91 Å². The Morgan fingerprint density at radius 3 is 2.59 bits per heavy atom. The predicted octanol–water partition coefficient (Wildman–Crippen LogP) is 7.98. The van der Waals surface area contributed by atoms with Gasteiger partial charge in [0.15, 0.2) is 11.5 Å². The Balaban J connectivity index is 1.62. The largest absolute Gasteiger partial charge is 0.490 e. The third kappa shape index (κ3) is 6.24. The highest BCUT2D eigenvalue weighted by atomic mass is 35.5. The smallest absolute Gasteiger partial charge is 0.266 e. The quantitative estimate of drug-likeness (QED) is 0.185. The Hall–Kier alpha value is -3.98. The Morgan fingerprint density at radius 1 is 1.03 bits per heavy atom. The van der Waals surface area contributed by atoms with Crippen molar-refractivity contribution >= 4 is 51.6 Å². The van der Waals surface area contributed by atoms with Crippen LogP contribution in [0.2, 0.25) is 10.0 Å². The van der Waals surface area contributed by atoms with E-state index in [-0.39, 0.29) is 5.57 Å². The van der Waals surface area contributed by atoms with Crippen LogP contribution in [0.5, 0.6) is 11.5 Å². The van der Waals surface area contributed by atoms with Crippen molar-refractivity contribution in [1.29, 1.82) is 5.26 Å². The molecule has 0 radical (unpaired) electrons. The van der Waals surface area contributed by atoms with Crippen molar-refractivity contribution in [3.8, 4) is 17.6 Å². The van der Waals surface area contributed by atoms with Crippen LogP contribution in [0.3, 0.4) is 0 Å². The van der Waals surface area contributed by atoms with Crippen LogP contribution in [-0.4, -0.2) is 12.5 Å². The maximum atomic E-state index is 12.7. The number of benzene rings is 4. The second-order valence-corrected chi connectivity index (χ2v) is 9.11. The Morgan fingerprint density at radius 2 is 1.84 bits per heavy atom. The number of nitrogens with one attached hydrogen (secondary N) is 1. The number of halogens is 2. The van der Waals surface area contributed by atoms with Gasteiger partial charge in [-0.2, -0.15) is 5.26 Å². The molecular weight excluding hydrogens is 507 g/mol. The minimum Gasteiger partial charge on any atom is -0.490 e. The van der Waals surface area contributed by atoms with Crippen molar-refractivity contribution in [3.05, 3.63) is 105 Å². The fourth-order valence-corrected chi connectivity index (χ4v) is 4.40. The fourth-order valence-electron chi connectivity index (χ4n) is 3.94. The maximum Gasteiger partial charge on any atom is 0.266 e. The van der Waals surface area contributed by atoms with E-state index in [2.05, 4.69) is 29.6 Å². The Kier molecular flexibility index (Phi) is 8.35. The molecule has 0 aliphatic heterocycles. The summed E-state index contributed by atoms with van der Waals surface area (Å²) in [4.78, 5) is 12.7. The summed E-state index contributed by atoms with van der Waals surface area (Å²) in [5.74, 6) is 0.257. The van der Waals surface area contributed by atoms with Crippen LogP contribution in [0.1, 0.15) is 23.6 Å². The van der Waals surface area contributed by atoms with E-state index in [1.807, 2.05) is 32.0 Å². The molecule has 0 saturated carbocycles. The third-order valence-electron chi connectivity index (χ3n) is 5.73. The lowest BCUT2D eigenvalue weighted by Crippen LogP contribution is -2.13. The lowest BCUT2D eigenvalue weighted by atomic mass is 10.0. The molecular formula is C30H24Cl2N2O3. The number of anilines is 1. The number of nitrogens with zero attached hydrogens (tertiary/aromatic N) is 1. The molecule has 4 aromatic carbocycles. The third-order valence-corrected chi connectivity index (χ3v) is 6.24. The predicted molar refractivity (Wildman–Crippen MR) is 149 cm³/mol. The molecule has 0 aromatic heterocycles. The molecule has 0 aliphatic carbocycles. The molecule has 0 spiro atoms. The molecule has 0 aliphatic rings. The van der Waals surface area contributed by atoms with Gasteiger partial charge in [-0.1, -0.05) is 65.7 Å². The van der Waals surface area contributed by atoms with E-state index in [1.54, 1.807) is 36.4 Å². The minimum absolute atomic E-state index is 0.0986. The topological polar surface area (TPSA) is 71.3 Å². The zero-order valence-electron chi connectivity index (χ0n) is 20.3. The van der Waals surface area contributed by atoms with Crippen molar-refractivity contribution in [3.63, 3.8) is 0 Å². The van der Waals surface area contributed by atoms with E-state index in [0.29, 0.717) is 46.0 Å². The maximum absolute atomic E-state index is 12.7. The van der Waals surface area contributed by atoms with E-state index < -0.39 is 5.91 Å². The van der Waals surface area contributed by atoms with Gasteiger partial charge < -0.3 is 14.8 Å². The van der Waals surface area contributed by atoms with Gasteiger partial charge in [-0.3, -0.25) is 4.79 Å². The van der Waals surface area contributed by atoms with Gasteiger partial charge in [0, 0.05) is 16.3 Å². The Bertz CT molecular complexity index is 1540. The standard InChI is InChI=1S/C30H24Cl2N2O3/c1-3-36-28-15-20(13-22(17-33)30(35)34-24-9-6-8-23(31)16-24)14-27(32)29(28)37-18-26-19(2)11-12-21-7-4-5-10-25(21)26/h4-16H,3,18H2,1-2H3,(H,34,35)/b22-13+. The summed E-state index contributed by atoms with van der Waals surface area (Å²) >= 11 is 12.6. The molecule has 0 bridgehead atoms. The molecule has 186 valence electrons. The van der Waals surface area contributed by atoms with Gasteiger partial charge in [0.05, 0.1) is 11.6 Å². The highest BCUT2D eigenvalue weighted by molar-refractivity contribution is 6.32. The van der Waals surface area contributed by atoms with Gasteiger partial charge in [0.2, 0.25) is 0 Å². The number of hydrogen-bond donors (Lipinski definition) is 1. The molecule has 0 saturated heterocycles. The molecule has 5 nitrogen and oxygen atoms in total. The first kappa shape index (κ1) is 26.1. The van der Waals surface area contributed by atoms with Gasteiger partial charge in [-0.25, -0.2) is 0 Å². The van der Waals surface area contributed by atoms with E-state index >= 15 is 0 Å². The summed E-state index contributed by atoms with van der Waals surface area (Å²) in [5.41, 5.74) is 3.08. The zero-order chi connectivity index (χ0) is 26.4. The second kappa shape index (κ2) is 11.8. The van der Waals surface area contributed by atoms with Crippen LogP contribution in [0.25, 0.3) is 16.8 Å². The van der Waals surface area contributed by atoms with E-state index in [0.717, 1.165) is 21.9 Å². The molecule has 0 atom stereocenters. The summed E-state index contributed by atoms with van der Waals surface area (Å²) < 4.78 is 12.0. The average Bonchev–Trinajstić information content (AvgIpc) is 2.88. The number of amides is 1. The van der Waals surface area contributed by atoms with Crippen LogP contribution >= 0.6 is 23.2 Å². The summed E-state index contributed by atoms with van der Waals surface area (Å²) in [6, 6.07) is 24.3. The van der Waals surface area contributed by atoms with E-state index in [4.69, 9.17) is 32.7 Å². The molecule has 0 fully saturated rings. The number of aryl methyl sites for hydroxylation is 1. The first-order valence-corrected chi connectivity index (χ1v) is 12.4. The van der Waals surface area contributed by atoms with Crippen molar-refractivity contribution in [2.24, 2.45) is 0 Å². The van der Waals surface area contributed by atoms with Crippen molar-refractivity contribution in [2.45, 2.75) is 20.5 Å². The highest BCUT2D eigenvalue weighted by Crippen LogP contribution is 2.38. The fraction of sp³-hybridized carbons (Fsp3) is 0.133. The normalized spacial score (nSPS) is 11.2. The molecule has 4 aromatic rings. The van der Waals surface area contributed by atoms with Crippen molar-refractivity contribution in [2.75, 3.05) is 11.9 Å². The van der Waals surface area contributed by atoms with Gasteiger partial charge >= 0.3 is 0 Å². The number of rotatable bonds is 8. The summed E-state index contributed by atoms with van der Waals surface area (Å²) in [6.45, 7) is 4.58. The first-order valence-electron chi connectivity index (χ1n) is 11.6. The zero-order valence-corrected chi connectivity index (χ0v) is 21.9. The highest BCUT2D eigenvalue weighted by Gasteiger charge is 2.16. The van der Waals surface area contributed by atoms with Crippen molar-refractivity contribution < 1.29 is 14.3 Å². The van der Waals surface area contributed by atoms with Crippen LogP contribution < -0.4 is 14.8 Å². The number of fused-ring (bicyclic) bond motifs is 1. The van der Waals surface area contributed by atoms with Gasteiger partial charge in [-0.05, 0) is 72.2 Å².